The average Bonchev–Trinajstić information content (AvgIpc) is 2.66. The molecule has 3 aromatic rings. The smallest absolute Gasteiger partial charge is 0.229 e. The monoisotopic (exact) mass is 361 g/mol. The molecule has 0 atom stereocenters. The topological polar surface area (TPSA) is 45.2 Å². The van der Waals surface area contributed by atoms with Crippen LogP contribution in [0.1, 0.15) is 40.0 Å². The summed E-state index contributed by atoms with van der Waals surface area (Å²) in [6, 6.07) is 14.7. The number of aromatic nitrogens is 1. The Bertz CT molecular complexity index is 998. The number of amides is 1. The van der Waals surface area contributed by atoms with Crippen molar-refractivity contribution in [1.29, 1.82) is 0 Å². The molecule has 0 spiro atoms. The number of carbonyl (C=O) groups excluding carboxylic acids is 1. The van der Waals surface area contributed by atoms with Crippen molar-refractivity contribution in [2.24, 2.45) is 5.41 Å². The van der Waals surface area contributed by atoms with Crippen molar-refractivity contribution in [3.63, 3.8) is 0 Å². The Balaban J connectivity index is 1.69. The van der Waals surface area contributed by atoms with Crippen molar-refractivity contribution in [3.05, 3.63) is 42.5 Å². The second-order valence-corrected chi connectivity index (χ2v) is 8.52. The number of piperidine rings is 1. The Kier molecular flexibility index (Phi) is 4.50. The minimum Gasteiger partial charge on any atom is -0.371 e. The molecule has 0 radical (unpaired) electrons. The molecule has 140 valence electrons. The highest BCUT2D eigenvalue weighted by atomic mass is 16.2. The zero-order valence-electron chi connectivity index (χ0n) is 16.4. The molecule has 0 aliphatic carbocycles. The Morgan fingerprint density at radius 2 is 1.59 bits per heavy atom. The van der Waals surface area contributed by atoms with Crippen LogP contribution in [0.3, 0.4) is 0 Å². The number of hydrogen-bond donors (Lipinski definition) is 1. The fraction of sp³-hybridized carbons (Fsp3) is 0.391. The summed E-state index contributed by atoms with van der Waals surface area (Å²) in [5, 5.41) is 5.23. The third kappa shape index (κ3) is 3.75. The SMILES string of the molecule is CC(C)(C)C(=O)Nc1ccc2cc3ccc(N4CCCCC4)cc3nc2c1. The number of nitrogens with one attached hydrogen (secondary N) is 1. The molecule has 27 heavy (non-hydrogen) atoms. The van der Waals surface area contributed by atoms with E-state index in [0.717, 1.165) is 40.6 Å². The molecule has 1 saturated heterocycles. The van der Waals surface area contributed by atoms with Crippen LogP contribution in [0.15, 0.2) is 42.5 Å². The first-order valence-electron chi connectivity index (χ1n) is 9.81. The van der Waals surface area contributed by atoms with Gasteiger partial charge >= 0.3 is 0 Å². The molecule has 1 aliphatic rings. The maximum absolute atomic E-state index is 12.3. The molecule has 2 aromatic carbocycles. The summed E-state index contributed by atoms with van der Waals surface area (Å²) in [4.78, 5) is 19.6. The number of nitrogens with zero attached hydrogens (tertiary/aromatic N) is 2. The van der Waals surface area contributed by atoms with Crippen LogP contribution in [0.25, 0.3) is 21.8 Å². The Hall–Kier alpha value is -2.62. The van der Waals surface area contributed by atoms with Gasteiger partial charge in [0.05, 0.1) is 11.0 Å². The molecule has 0 saturated carbocycles. The molecule has 1 aliphatic heterocycles. The Morgan fingerprint density at radius 3 is 2.30 bits per heavy atom. The summed E-state index contributed by atoms with van der Waals surface area (Å²) in [6.45, 7) is 8.00. The van der Waals surface area contributed by atoms with Gasteiger partial charge in [-0.05, 0) is 49.6 Å². The summed E-state index contributed by atoms with van der Waals surface area (Å²) < 4.78 is 0. The summed E-state index contributed by atoms with van der Waals surface area (Å²) in [6.07, 6.45) is 3.86. The van der Waals surface area contributed by atoms with Gasteiger partial charge in [0.2, 0.25) is 5.91 Å². The highest BCUT2D eigenvalue weighted by Gasteiger charge is 2.21. The van der Waals surface area contributed by atoms with Crippen LogP contribution in [0.2, 0.25) is 0 Å². The molecule has 0 bridgehead atoms. The van der Waals surface area contributed by atoms with E-state index in [2.05, 4.69) is 34.5 Å². The fourth-order valence-electron chi connectivity index (χ4n) is 3.56. The highest BCUT2D eigenvalue weighted by Crippen LogP contribution is 2.28. The van der Waals surface area contributed by atoms with Crippen LogP contribution < -0.4 is 10.2 Å². The minimum atomic E-state index is -0.422. The largest absolute Gasteiger partial charge is 0.371 e. The zero-order chi connectivity index (χ0) is 19.0. The van der Waals surface area contributed by atoms with E-state index in [1.165, 1.54) is 24.9 Å². The quantitative estimate of drug-likeness (QED) is 0.625. The van der Waals surface area contributed by atoms with Gasteiger partial charge in [-0.25, -0.2) is 4.98 Å². The number of rotatable bonds is 2. The van der Waals surface area contributed by atoms with Gasteiger partial charge in [0.15, 0.2) is 0 Å². The predicted octanol–water partition coefficient (Wildman–Crippen LogP) is 5.36. The predicted molar refractivity (Wildman–Crippen MR) is 113 cm³/mol. The fourth-order valence-corrected chi connectivity index (χ4v) is 3.56. The van der Waals surface area contributed by atoms with E-state index in [1.807, 2.05) is 39.0 Å². The Morgan fingerprint density at radius 1 is 0.926 bits per heavy atom. The van der Waals surface area contributed by atoms with Crippen molar-refractivity contribution in [1.82, 2.24) is 4.98 Å². The standard InChI is InChI=1S/C23H27N3O/c1-23(2,3)22(27)24-18-9-7-16-13-17-8-10-19(26-11-5-4-6-12-26)15-21(17)25-20(16)14-18/h7-10,13-15H,4-6,11-12H2,1-3H3,(H,24,27). The molecule has 4 rings (SSSR count). The average molecular weight is 361 g/mol. The number of benzene rings is 2. The molecule has 4 heteroatoms. The van der Waals surface area contributed by atoms with Crippen molar-refractivity contribution in [2.45, 2.75) is 40.0 Å². The normalized spacial score (nSPS) is 15.3. The number of pyridine rings is 1. The van der Waals surface area contributed by atoms with Gasteiger partial charge in [0.1, 0.15) is 0 Å². The Labute approximate surface area is 160 Å². The van der Waals surface area contributed by atoms with Gasteiger partial charge in [-0.15, -0.1) is 0 Å². The lowest BCUT2D eigenvalue weighted by molar-refractivity contribution is -0.123. The summed E-state index contributed by atoms with van der Waals surface area (Å²) in [5.41, 5.74) is 3.54. The van der Waals surface area contributed by atoms with Crippen molar-refractivity contribution in [3.8, 4) is 0 Å². The first-order chi connectivity index (χ1) is 12.9. The maximum atomic E-state index is 12.3. The summed E-state index contributed by atoms with van der Waals surface area (Å²) >= 11 is 0. The van der Waals surface area contributed by atoms with Crippen molar-refractivity contribution < 1.29 is 4.79 Å². The van der Waals surface area contributed by atoms with Gasteiger partial charge in [-0.2, -0.15) is 0 Å². The van der Waals surface area contributed by atoms with Gasteiger partial charge < -0.3 is 10.2 Å². The molecule has 0 unspecified atom stereocenters. The summed E-state index contributed by atoms with van der Waals surface area (Å²) in [7, 11) is 0. The second-order valence-electron chi connectivity index (χ2n) is 8.52. The van der Waals surface area contributed by atoms with E-state index in [1.54, 1.807) is 0 Å². The molecular formula is C23H27N3O. The molecule has 1 aromatic heterocycles. The van der Waals surface area contributed by atoms with E-state index in [0.29, 0.717) is 0 Å². The second kappa shape index (κ2) is 6.84. The molecule has 1 amide bonds. The third-order valence-electron chi connectivity index (χ3n) is 5.26. The number of hydrogen-bond acceptors (Lipinski definition) is 3. The van der Waals surface area contributed by atoms with Crippen LogP contribution in [0.5, 0.6) is 0 Å². The molecular weight excluding hydrogens is 334 g/mol. The lowest BCUT2D eigenvalue weighted by atomic mass is 9.95. The van der Waals surface area contributed by atoms with Gasteiger partial charge in [-0.3, -0.25) is 4.79 Å². The van der Waals surface area contributed by atoms with Crippen LogP contribution in [0, 0.1) is 5.41 Å². The van der Waals surface area contributed by atoms with E-state index >= 15 is 0 Å². The zero-order valence-corrected chi connectivity index (χ0v) is 16.4. The first-order valence-corrected chi connectivity index (χ1v) is 9.81. The number of anilines is 2. The van der Waals surface area contributed by atoms with E-state index in [-0.39, 0.29) is 5.91 Å². The van der Waals surface area contributed by atoms with E-state index in [4.69, 9.17) is 4.98 Å². The lowest BCUT2D eigenvalue weighted by Crippen LogP contribution is -2.29. The van der Waals surface area contributed by atoms with Gasteiger partial charge in [0, 0.05) is 40.7 Å². The number of fused-ring (bicyclic) bond motifs is 2. The first kappa shape index (κ1) is 17.8. The van der Waals surface area contributed by atoms with Crippen molar-refractivity contribution >= 4 is 39.1 Å². The molecule has 2 heterocycles. The van der Waals surface area contributed by atoms with Gasteiger partial charge in [-0.1, -0.05) is 32.9 Å². The van der Waals surface area contributed by atoms with Crippen LogP contribution in [0.4, 0.5) is 11.4 Å². The summed E-state index contributed by atoms with van der Waals surface area (Å²) in [5.74, 6) is 0.00928. The van der Waals surface area contributed by atoms with E-state index in [9.17, 15) is 4.79 Å². The van der Waals surface area contributed by atoms with E-state index < -0.39 is 5.41 Å². The number of carbonyl (C=O) groups is 1. The molecule has 1 N–H and O–H groups in total. The van der Waals surface area contributed by atoms with Crippen molar-refractivity contribution in [2.75, 3.05) is 23.3 Å². The van der Waals surface area contributed by atoms with Crippen LogP contribution >= 0.6 is 0 Å². The third-order valence-corrected chi connectivity index (χ3v) is 5.26. The van der Waals surface area contributed by atoms with Gasteiger partial charge in [0.25, 0.3) is 0 Å². The molecule has 1 fully saturated rings. The minimum absolute atomic E-state index is 0.00928. The maximum Gasteiger partial charge on any atom is 0.229 e. The molecule has 4 nitrogen and oxygen atoms in total. The lowest BCUT2D eigenvalue weighted by Gasteiger charge is -2.28. The van der Waals surface area contributed by atoms with Crippen LogP contribution in [-0.2, 0) is 4.79 Å². The van der Waals surface area contributed by atoms with Crippen LogP contribution in [-0.4, -0.2) is 24.0 Å². The highest BCUT2D eigenvalue weighted by molar-refractivity contribution is 5.99.